The Morgan fingerprint density at radius 3 is 2.32 bits per heavy atom. The Kier molecular flexibility index (Phi) is 5.77. The lowest BCUT2D eigenvalue weighted by molar-refractivity contribution is 0.0672. The van der Waals surface area contributed by atoms with Crippen molar-refractivity contribution in [3.63, 3.8) is 0 Å². The van der Waals surface area contributed by atoms with E-state index in [0.29, 0.717) is 11.3 Å². The molecule has 1 amide bonds. The van der Waals surface area contributed by atoms with Gasteiger partial charge in [-0.1, -0.05) is 60.7 Å². The number of hydrogen-bond donors (Lipinski definition) is 2. The molecule has 0 radical (unpaired) electrons. The molecule has 3 aromatic carbocycles. The summed E-state index contributed by atoms with van der Waals surface area (Å²) in [5.74, 6) is -0.156. The Morgan fingerprint density at radius 2 is 1.65 bits per heavy atom. The highest BCUT2D eigenvalue weighted by Crippen LogP contribution is 2.33. The second-order valence-electron chi connectivity index (χ2n) is 7.18. The molecule has 0 saturated heterocycles. The van der Waals surface area contributed by atoms with Gasteiger partial charge in [-0.05, 0) is 42.8 Å². The van der Waals surface area contributed by atoms with Crippen molar-refractivity contribution >= 4 is 27.3 Å². The number of amides is 1. The van der Waals surface area contributed by atoms with Gasteiger partial charge in [0.1, 0.15) is 0 Å². The lowest BCUT2D eigenvalue weighted by Crippen LogP contribution is -2.39. The normalized spacial score (nSPS) is 15.8. The van der Waals surface area contributed by atoms with Gasteiger partial charge in [0.2, 0.25) is 10.0 Å². The maximum atomic E-state index is 13.2. The summed E-state index contributed by atoms with van der Waals surface area (Å²) in [6.07, 6.45) is 1.98. The van der Waals surface area contributed by atoms with Crippen LogP contribution >= 0.6 is 0 Å². The number of hydrogen-bond acceptors (Lipinski definition) is 4. The van der Waals surface area contributed by atoms with Crippen molar-refractivity contribution in [2.45, 2.75) is 13.0 Å². The number of sulfonamides is 1. The molecule has 158 valence electrons. The summed E-state index contributed by atoms with van der Waals surface area (Å²) < 4.78 is 26.5. The topological polar surface area (TPSA) is 78.5 Å². The molecule has 1 heterocycles. The highest BCUT2D eigenvalue weighted by Gasteiger charge is 2.31. The molecule has 0 fully saturated rings. The molecule has 0 aliphatic carbocycles. The quantitative estimate of drug-likeness (QED) is 0.611. The highest BCUT2D eigenvalue weighted by atomic mass is 32.2. The second-order valence-corrected chi connectivity index (χ2v) is 9.19. The third-order valence-electron chi connectivity index (χ3n) is 5.05. The molecule has 2 N–H and O–H groups in total. The van der Waals surface area contributed by atoms with Crippen molar-refractivity contribution in [2.24, 2.45) is 0 Å². The first kappa shape index (κ1) is 20.7. The van der Waals surface area contributed by atoms with Gasteiger partial charge < -0.3 is 0 Å². The van der Waals surface area contributed by atoms with Gasteiger partial charge >= 0.3 is 0 Å². The van der Waals surface area contributed by atoms with E-state index >= 15 is 0 Å². The van der Waals surface area contributed by atoms with Gasteiger partial charge in [0.05, 0.1) is 17.5 Å². The maximum absolute atomic E-state index is 13.2. The molecule has 6 nitrogen and oxygen atoms in total. The van der Waals surface area contributed by atoms with Crippen molar-refractivity contribution in [1.29, 1.82) is 0 Å². The first-order valence-corrected chi connectivity index (χ1v) is 11.6. The predicted octanol–water partition coefficient (Wildman–Crippen LogP) is 4.19. The van der Waals surface area contributed by atoms with Crippen LogP contribution < -0.4 is 10.1 Å². The summed E-state index contributed by atoms with van der Waals surface area (Å²) in [5.41, 5.74) is 6.76. The van der Waals surface area contributed by atoms with Crippen LogP contribution in [0.4, 0.5) is 5.69 Å². The largest absolute Gasteiger partial charge is 0.295 e. The van der Waals surface area contributed by atoms with E-state index in [1.54, 1.807) is 42.3 Å². The van der Waals surface area contributed by atoms with Crippen LogP contribution in [-0.4, -0.2) is 25.1 Å². The van der Waals surface area contributed by atoms with E-state index in [1.807, 2.05) is 60.7 Å². The third kappa shape index (κ3) is 4.62. The Labute approximate surface area is 182 Å². The van der Waals surface area contributed by atoms with E-state index in [9.17, 15) is 13.2 Å². The summed E-state index contributed by atoms with van der Waals surface area (Å²) in [7, 11) is -3.38. The van der Waals surface area contributed by atoms with E-state index in [1.165, 1.54) is 0 Å². The van der Waals surface area contributed by atoms with Gasteiger partial charge in [-0.3, -0.25) is 14.9 Å². The summed E-state index contributed by atoms with van der Waals surface area (Å²) >= 11 is 0. The first-order valence-electron chi connectivity index (χ1n) is 10.00. The monoisotopic (exact) mass is 433 g/mol. The Balaban J connectivity index is 1.69. The second kappa shape index (κ2) is 8.65. The fourth-order valence-electron chi connectivity index (χ4n) is 3.42. The van der Waals surface area contributed by atoms with Gasteiger partial charge in [-0.25, -0.2) is 13.4 Å². The molecule has 1 atom stereocenters. The minimum absolute atomic E-state index is 0.00634. The molecular weight excluding hydrogens is 410 g/mol. The predicted molar refractivity (Wildman–Crippen MR) is 122 cm³/mol. The van der Waals surface area contributed by atoms with E-state index in [4.69, 9.17) is 0 Å². The van der Waals surface area contributed by atoms with Gasteiger partial charge in [0.15, 0.2) is 0 Å². The Hall–Kier alpha value is -3.58. The number of nitrogens with one attached hydrogen (secondary N) is 2. The molecule has 0 aromatic heterocycles. The number of carbonyl (C=O) groups is 1. The minimum Gasteiger partial charge on any atom is -0.295 e. The fraction of sp³-hybridized carbons (Fsp3) is 0.125. The lowest BCUT2D eigenvalue weighted by atomic mass is 10.0. The van der Waals surface area contributed by atoms with Crippen LogP contribution in [0.15, 0.2) is 91.0 Å². The van der Waals surface area contributed by atoms with Crippen molar-refractivity contribution in [3.8, 4) is 0 Å². The van der Waals surface area contributed by atoms with E-state index in [2.05, 4.69) is 10.1 Å². The lowest BCUT2D eigenvalue weighted by Gasteiger charge is -2.25. The molecule has 0 spiro atoms. The van der Waals surface area contributed by atoms with Crippen molar-refractivity contribution in [1.82, 2.24) is 10.4 Å². The molecule has 0 saturated carbocycles. The van der Waals surface area contributed by atoms with Crippen molar-refractivity contribution in [2.75, 3.05) is 10.5 Å². The van der Waals surface area contributed by atoms with Gasteiger partial charge in [-0.2, -0.15) is 0 Å². The Bertz CT molecular complexity index is 1210. The van der Waals surface area contributed by atoms with Crippen LogP contribution in [0, 0.1) is 0 Å². The summed E-state index contributed by atoms with van der Waals surface area (Å²) in [5, 5.41) is 1.60. The number of nitrogens with zero attached hydrogens (tertiary/aromatic N) is 1. The van der Waals surface area contributed by atoms with E-state index in [0.717, 1.165) is 16.8 Å². The average Bonchev–Trinajstić information content (AvgIpc) is 3.25. The summed E-state index contributed by atoms with van der Waals surface area (Å²) in [4.78, 5) is 13.2. The first-order chi connectivity index (χ1) is 15.0. The number of rotatable bonds is 6. The molecule has 1 aliphatic rings. The minimum atomic E-state index is -3.38. The SMILES string of the molecule is CCS(=O)(=O)Nc1cccc(C2=CC(c3ccccc3)N(C(=O)c3ccccc3)N2)c1. The maximum Gasteiger partial charge on any atom is 0.273 e. The van der Waals surface area contributed by atoms with Crippen molar-refractivity contribution < 1.29 is 13.2 Å². The standard InChI is InChI=1S/C24H23N3O3S/c1-2-31(29,30)26-21-15-9-14-20(16-21)22-17-23(18-10-5-3-6-11-18)27(25-22)24(28)19-12-7-4-8-13-19/h3-17,23,25-26H,2H2,1H3. The zero-order chi connectivity index (χ0) is 21.8. The fourth-order valence-corrected chi connectivity index (χ4v) is 4.05. The number of anilines is 1. The third-order valence-corrected chi connectivity index (χ3v) is 6.36. The molecule has 3 aromatic rings. The zero-order valence-electron chi connectivity index (χ0n) is 17.0. The van der Waals surface area contributed by atoms with Crippen LogP contribution in [0.25, 0.3) is 5.70 Å². The summed E-state index contributed by atoms with van der Waals surface area (Å²) in [6.45, 7) is 1.59. The van der Waals surface area contributed by atoms with Crippen LogP contribution in [0.1, 0.15) is 34.5 Å². The average molecular weight is 434 g/mol. The molecule has 1 unspecified atom stereocenters. The molecular formula is C24H23N3O3S. The van der Waals surface area contributed by atoms with E-state index in [-0.39, 0.29) is 17.7 Å². The zero-order valence-corrected chi connectivity index (χ0v) is 17.8. The van der Waals surface area contributed by atoms with Crippen LogP contribution in [0.2, 0.25) is 0 Å². The van der Waals surface area contributed by atoms with E-state index < -0.39 is 10.0 Å². The Morgan fingerprint density at radius 1 is 0.968 bits per heavy atom. The highest BCUT2D eigenvalue weighted by molar-refractivity contribution is 7.92. The number of hydrazine groups is 1. The van der Waals surface area contributed by atoms with Crippen LogP contribution in [-0.2, 0) is 10.0 Å². The van der Waals surface area contributed by atoms with Crippen molar-refractivity contribution in [3.05, 3.63) is 108 Å². The van der Waals surface area contributed by atoms with Crippen LogP contribution in [0.5, 0.6) is 0 Å². The molecule has 0 bridgehead atoms. The van der Waals surface area contributed by atoms with Gasteiger partial charge in [0.25, 0.3) is 5.91 Å². The number of benzene rings is 3. The number of carbonyl (C=O) groups excluding carboxylic acids is 1. The van der Waals surface area contributed by atoms with Gasteiger partial charge in [-0.15, -0.1) is 0 Å². The molecule has 31 heavy (non-hydrogen) atoms. The van der Waals surface area contributed by atoms with Gasteiger partial charge in [0, 0.05) is 16.8 Å². The molecule has 7 heteroatoms. The summed E-state index contributed by atoms with van der Waals surface area (Å²) in [6, 6.07) is 25.7. The molecule has 1 aliphatic heterocycles. The molecule has 4 rings (SSSR count). The van der Waals surface area contributed by atoms with Crippen LogP contribution in [0.3, 0.4) is 0 Å². The smallest absolute Gasteiger partial charge is 0.273 e.